The number of alkyl carbamates (subject to hydrolysis) is 1. The Hall–Kier alpha value is -4.64. The number of allylic oxidation sites excluding steroid dienone is 1. The number of benzene rings is 4. The summed E-state index contributed by atoms with van der Waals surface area (Å²) >= 11 is 0. The molecule has 4 aromatic rings. The van der Waals surface area contributed by atoms with Crippen LogP contribution in [0.2, 0.25) is 0 Å². The second kappa shape index (κ2) is 14.3. The van der Waals surface area contributed by atoms with Gasteiger partial charge in [0.1, 0.15) is 11.1 Å². The maximum absolute atomic E-state index is 14.0. The van der Waals surface area contributed by atoms with Gasteiger partial charge in [-0.05, 0) is 55.9 Å². The third-order valence-corrected chi connectivity index (χ3v) is 6.87. The molecule has 42 heavy (non-hydrogen) atoms. The lowest BCUT2D eigenvalue weighted by atomic mass is 9.77. The number of aryl methyl sites for hydroxylation is 1. The molecule has 0 aliphatic heterocycles. The SMILES string of the molecule is CC(C)(C)OC(=O)N[C@@H](/C=C/CCc1ccccc1)CC(=O)NC(c1ccccc1)(c1ccccc1)c1ccccc1. The van der Waals surface area contributed by atoms with E-state index in [0.717, 1.165) is 29.5 Å². The van der Waals surface area contributed by atoms with Crippen LogP contribution in [0.3, 0.4) is 0 Å². The first kappa shape index (κ1) is 30.3. The van der Waals surface area contributed by atoms with Gasteiger partial charge in [0.25, 0.3) is 0 Å². The Morgan fingerprint density at radius 1 is 0.714 bits per heavy atom. The Bertz CT molecular complexity index is 1330. The van der Waals surface area contributed by atoms with Crippen LogP contribution < -0.4 is 10.6 Å². The lowest BCUT2D eigenvalue weighted by Gasteiger charge is -2.37. The van der Waals surface area contributed by atoms with Crippen LogP contribution in [-0.4, -0.2) is 23.6 Å². The van der Waals surface area contributed by atoms with Crippen molar-refractivity contribution in [2.45, 2.75) is 57.2 Å². The lowest BCUT2D eigenvalue weighted by Crippen LogP contribution is -2.49. The van der Waals surface area contributed by atoms with E-state index in [0.29, 0.717) is 0 Å². The highest BCUT2D eigenvalue weighted by molar-refractivity contribution is 5.81. The summed E-state index contributed by atoms with van der Waals surface area (Å²) in [5.41, 5.74) is 2.45. The van der Waals surface area contributed by atoms with Crippen molar-refractivity contribution in [1.29, 1.82) is 0 Å². The van der Waals surface area contributed by atoms with Gasteiger partial charge in [-0.3, -0.25) is 4.79 Å². The Morgan fingerprint density at radius 2 is 1.17 bits per heavy atom. The minimum atomic E-state index is -0.936. The van der Waals surface area contributed by atoms with Gasteiger partial charge in [0.05, 0.1) is 12.5 Å². The van der Waals surface area contributed by atoms with E-state index in [1.54, 1.807) is 0 Å². The molecule has 216 valence electrons. The van der Waals surface area contributed by atoms with Gasteiger partial charge in [-0.15, -0.1) is 0 Å². The number of carbonyl (C=O) groups excluding carboxylic acids is 2. The summed E-state index contributed by atoms with van der Waals surface area (Å²) in [6, 6.07) is 39.6. The molecule has 5 heteroatoms. The van der Waals surface area contributed by atoms with Crippen LogP contribution in [0.4, 0.5) is 4.79 Å². The third kappa shape index (κ3) is 8.43. The van der Waals surface area contributed by atoms with E-state index in [2.05, 4.69) is 22.8 Å². The molecule has 0 saturated carbocycles. The third-order valence-electron chi connectivity index (χ3n) is 6.87. The van der Waals surface area contributed by atoms with Crippen LogP contribution in [0.5, 0.6) is 0 Å². The topological polar surface area (TPSA) is 67.4 Å². The first-order valence-electron chi connectivity index (χ1n) is 14.4. The van der Waals surface area contributed by atoms with E-state index in [-0.39, 0.29) is 12.3 Å². The van der Waals surface area contributed by atoms with E-state index < -0.39 is 23.3 Å². The summed E-state index contributed by atoms with van der Waals surface area (Å²) < 4.78 is 5.52. The van der Waals surface area contributed by atoms with Crippen LogP contribution in [0.25, 0.3) is 0 Å². The number of ether oxygens (including phenoxy) is 1. The predicted octanol–water partition coefficient (Wildman–Crippen LogP) is 7.57. The molecule has 5 nitrogen and oxygen atoms in total. The minimum absolute atomic E-state index is 0.0370. The Balaban J connectivity index is 1.63. The van der Waals surface area contributed by atoms with E-state index in [1.165, 1.54) is 5.56 Å². The Morgan fingerprint density at radius 3 is 1.62 bits per heavy atom. The van der Waals surface area contributed by atoms with Gasteiger partial charge in [0.15, 0.2) is 0 Å². The van der Waals surface area contributed by atoms with Crippen molar-refractivity contribution in [2.24, 2.45) is 0 Å². The van der Waals surface area contributed by atoms with Gasteiger partial charge in [-0.2, -0.15) is 0 Å². The molecule has 0 aliphatic rings. The van der Waals surface area contributed by atoms with Crippen molar-refractivity contribution in [3.63, 3.8) is 0 Å². The van der Waals surface area contributed by atoms with Crippen LogP contribution in [-0.2, 0) is 21.5 Å². The average molecular weight is 561 g/mol. The fourth-order valence-electron chi connectivity index (χ4n) is 5.02. The molecule has 0 aromatic heterocycles. The van der Waals surface area contributed by atoms with Crippen LogP contribution in [0, 0.1) is 0 Å². The Labute approximate surface area is 249 Å². The minimum Gasteiger partial charge on any atom is -0.444 e. The predicted molar refractivity (Wildman–Crippen MR) is 169 cm³/mol. The van der Waals surface area contributed by atoms with Crippen LogP contribution >= 0.6 is 0 Å². The molecule has 1 atom stereocenters. The molecule has 2 N–H and O–H groups in total. The van der Waals surface area contributed by atoms with Gasteiger partial charge in [-0.1, -0.05) is 133 Å². The molecule has 0 saturated heterocycles. The van der Waals surface area contributed by atoms with Gasteiger partial charge >= 0.3 is 6.09 Å². The van der Waals surface area contributed by atoms with E-state index in [4.69, 9.17) is 4.74 Å². The summed E-state index contributed by atoms with van der Waals surface area (Å²) in [4.78, 5) is 26.7. The standard InChI is InChI=1S/C37H40N2O3/c1-36(2,3)42-35(41)38-33(27-17-16-20-29-18-8-4-9-19-29)28-34(40)39-37(30-21-10-5-11-22-30,31-23-12-6-13-24-31)32-25-14-7-15-26-32/h4-15,17-19,21-27,33H,16,20,28H2,1-3H3,(H,38,41)(H,39,40)/b27-17+/t33-/m0/s1. The summed E-state index contributed by atoms with van der Waals surface area (Å²) in [7, 11) is 0. The van der Waals surface area contributed by atoms with Crippen molar-refractivity contribution in [2.75, 3.05) is 0 Å². The maximum atomic E-state index is 14.0. The monoisotopic (exact) mass is 560 g/mol. The highest BCUT2D eigenvalue weighted by atomic mass is 16.6. The number of hydrogen-bond acceptors (Lipinski definition) is 3. The maximum Gasteiger partial charge on any atom is 0.408 e. The smallest absolute Gasteiger partial charge is 0.408 e. The number of carbonyl (C=O) groups is 2. The molecular formula is C37H40N2O3. The summed E-state index contributed by atoms with van der Waals surface area (Å²) in [6.45, 7) is 5.45. The zero-order valence-corrected chi connectivity index (χ0v) is 24.6. The molecule has 0 aliphatic carbocycles. The van der Waals surface area contributed by atoms with Crippen molar-refractivity contribution in [1.82, 2.24) is 10.6 Å². The fraction of sp³-hybridized carbons (Fsp3) is 0.243. The van der Waals surface area contributed by atoms with Crippen LogP contribution in [0.15, 0.2) is 133 Å². The van der Waals surface area contributed by atoms with Crippen molar-refractivity contribution >= 4 is 12.0 Å². The molecule has 4 rings (SSSR count). The summed E-state index contributed by atoms with van der Waals surface area (Å²) in [5, 5.41) is 6.28. The Kier molecular flexibility index (Phi) is 10.3. The van der Waals surface area contributed by atoms with Gasteiger partial charge in [-0.25, -0.2) is 4.79 Å². The molecule has 2 amide bonds. The second-order valence-corrected chi connectivity index (χ2v) is 11.3. The molecule has 0 bridgehead atoms. The number of amides is 2. The second-order valence-electron chi connectivity index (χ2n) is 11.3. The largest absolute Gasteiger partial charge is 0.444 e. The van der Waals surface area contributed by atoms with Gasteiger partial charge in [0, 0.05) is 0 Å². The van der Waals surface area contributed by atoms with E-state index in [1.807, 2.05) is 142 Å². The fourth-order valence-corrected chi connectivity index (χ4v) is 5.02. The number of rotatable bonds is 11. The van der Waals surface area contributed by atoms with E-state index >= 15 is 0 Å². The average Bonchev–Trinajstić information content (AvgIpc) is 2.99. The number of hydrogen-bond donors (Lipinski definition) is 2. The van der Waals surface area contributed by atoms with Crippen molar-refractivity contribution in [3.8, 4) is 0 Å². The molecular weight excluding hydrogens is 520 g/mol. The molecule has 0 unspecified atom stereocenters. The summed E-state index contributed by atoms with van der Waals surface area (Å²) in [5.74, 6) is -0.208. The normalized spacial score (nSPS) is 12.5. The zero-order chi connectivity index (χ0) is 29.8. The molecule has 0 fully saturated rings. The lowest BCUT2D eigenvalue weighted by molar-refractivity contribution is -0.122. The van der Waals surface area contributed by atoms with Crippen LogP contribution in [0.1, 0.15) is 55.9 Å². The quantitative estimate of drug-likeness (QED) is 0.147. The van der Waals surface area contributed by atoms with Gasteiger partial charge in [0.2, 0.25) is 5.91 Å². The highest BCUT2D eigenvalue weighted by Gasteiger charge is 2.38. The first-order chi connectivity index (χ1) is 20.3. The van der Waals surface area contributed by atoms with Gasteiger partial charge < -0.3 is 15.4 Å². The van der Waals surface area contributed by atoms with Crippen molar-refractivity contribution < 1.29 is 14.3 Å². The molecule has 0 radical (unpaired) electrons. The molecule has 4 aromatic carbocycles. The highest BCUT2D eigenvalue weighted by Crippen LogP contribution is 2.37. The first-order valence-corrected chi connectivity index (χ1v) is 14.4. The summed E-state index contributed by atoms with van der Waals surface area (Å²) in [6.07, 6.45) is 5.02. The van der Waals surface area contributed by atoms with Crippen molar-refractivity contribution in [3.05, 3.63) is 156 Å². The number of nitrogens with one attached hydrogen (secondary N) is 2. The molecule has 0 heterocycles. The van der Waals surface area contributed by atoms with E-state index in [9.17, 15) is 9.59 Å². The molecule has 0 spiro atoms. The zero-order valence-electron chi connectivity index (χ0n) is 24.6.